The fourth-order valence-electron chi connectivity index (χ4n) is 0.960. The van der Waals surface area contributed by atoms with Crippen molar-refractivity contribution in [1.29, 1.82) is 0 Å². The van der Waals surface area contributed by atoms with Crippen molar-refractivity contribution in [2.75, 3.05) is 6.61 Å². The molecule has 0 aromatic rings. The van der Waals surface area contributed by atoms with Gasteiger partial charge < -0.3 is 9.31 Å². The van der Waals surface area contributed by atoms with Crippen molar-refractivity contribution in [2.45, 2.75) is 19.3 Å². The molecule has 0 radical (unpaired) electrons. The predicted molar refractivity (Wildman–Crippen MR) is 42.3 cm³/mol. The maximum atomic E-state index is 9.93. The van der Waals surface area contributed by atoms with Crippen LogP contribution in [0, 0.1) is 0 Å². The minimum absolute atomic E-state index is 0.0369. The summed E-state index contributed by atoms with van der Waals surface area (Å²) < 4.78 is 10.6. The Morgan fingerprint density at radius 1 is 1.73 bits per heavy atom. The summed E-state index contributed by atoms with van der Waals surface area (Å²) in [5.74, 6) is 0. The monoisotopic (exact) mass is 154 g/mol. The minimum atomic E-state index is -0.0868. The molecule has 1 unspecified atom stereocenters. The first-order valence-corrected chi connectivity index (χ1v) is 3.76. The maximum absolute atomic E-state index is 9.93. The summed E-state index contributed by atoms with van der Waals surface area (Å²) in [6.45, 7) is 2.55. The normalized spacial score (nSPS) is 24.8. The van der Waals surface area contributed by atoms with Crippen LogP contribution in [0.5, 0.6) is 0 Å². The molecule has 0 spiro atoms. The molecule has 0 aliphatic carbocycles. The Kier molecular flexibility index (Phi) is 3.33. The molecule has 0 amide bonds. The molecule has 3 nitrogen and oxygen atoms in total. The van der Waals surface area contributed by atoms with Crippen LogP contribution in [-0.4, -0.2) is 26.1 Å². The van der Waals surface area contributed by atoms with Crippen LogP contribution in [0.15, 0.2) is 12.2 Å². The quantitative estimate of drug-likeness (QED) is 0.340. The third-order valence-corrected chi connectivity index (χ3v) is 1.51. The van der Waals surface area contributed by atoms with Gasteiger partial charge in [0.05, 0.1) is 12.7 Å². The van der Waals surface area contributed by atoms with Gasteiger partial charge in [-0.05, 0) is 12.4 Å². The van der Waals surface area contributed by atoms with Gasteiger partial charge in [0.15, 0.2) is 0 Å². The molecule has 0 aromatic heterocycles. The summed E-state index contributed by atoms with van der Waals surface area (Å²) in [5.41, 5.74) is 0. The highest BCUT2D eigenvalue weighted by molar-refractivity contribution is 6.44. The smallest absolute Gasteiger partial charge is 0.408 e. The molecule has 1 rings (SSSR count). The zero-order chi connectivity index (χ0) is 8.10. The topological polar surface area (TPSA) is 35.5 Å². The Morgan fingerprint density at radius 2 is 2.55 bits per heavy atom. The number of carbonyl (C=O) groups excluding carboxylic acids is 1. The van der Waals surface area contributed by atoms with E-state index in [1.165, 1.54) is 6.08 Å². The molecule has 1 fully saturated rings. The van der Waals surface area contributed by atoms with Crippen LogP contribution in [0.1, 0.15) is 6.92 Å². The van der Waals surface area contributed by atoms with Crippen LogP contribution in [0.4, 0.5) is 0 Å². The number of rotatable bonds is 3. The Bertz CT molecular complexity index is 158. The average molecular weight is 154 g/mol. The predicted octanol–water partition coefficient (Wildman–Crippen LogP) is 0.665. The molecule has 11 heavy (non-hydrogen) atoms. The van der Waals surface area contributed by atoms with Crippen LogP contribution < -0.4 is 0 Å². The lowest BCUT2D eigenvalue weighted by Gasteiger charge is -2.00. The van der Waals surface area contributed by atoms with Crippen LogP contribution >= 0.6 is 0 Å². The summed E-state index contributed by atoms with van der Waals surface area (Å²) >= 11 is 0. The molecule has 60 valence electrons. The summed E-state index contributed by atoms with van der Waals surface area (Å²) in [6, 6.07) is 0. The molecule has 0 aromatic carbocycles. The van der Waals surface area contributed by atoms with Gasteiger partial charge in [0, 0.05) is 0 Å². The molecule has 1 atom stereocenters. The molecule has 1 heterocycles. The van der Waals surface area contributed by atoms with E-state index in [0.29, 0.717) is 6.61 Å². The van der Waals surface area contributed by atoms with Crippen LogP contribution in [-0.2, 0) is 14.1 Å². The Balaban J connectivity index is 2.29. The van der Waals surface area contributed by atoms with Gasteiger partial charge in [0.2, 0.25) is 0 Å². The van der Waals surface area contributed by atoms with Gasteiger partial charge in [0.1, 0.15) is 6.29 Å². The summed E-state index contributed by atoms with van der Waals surface area (Å²) in [6.07, 6.45) is 4.70. The fourth-order valence-corrected chi connectivity index (χ4v) is 0.960. The maximum Gasteiger partial charge on any atom is 0.457 e. The van der Waals surface area contributed by atoms with Crippen molar-refractivity contribution < 1.29 is 14.1 Å². The zero-order valence-electron chi connectivity index (χ0n) is 6.53. The van der Waals surface area contributed by atoms with Crippen molar-refractivity contribution in [3.8, 4) is 0 Å². The minimum Gasteiger partial charge on any atom is -0.408 e. The van der Waals surface area contributed by atoms with Gasteiger partial charge in [-0.1, -0.05) is 13.0 Å². The molecule has 0 N–H and O–H groups in total. The Morgan fingerprint density at radius 3 is 3.09 bits per heavy atom. The lowest BCUT2D eigenvalue weighted by molar-refractivity contribution is -0.104. The van der Waals surface area contributed by atoms with Gasteiger partial charge in [-0.25, -0.2) is 0 Å². The first-order valence-electron chi connectivity index (χ1n) is 3.76. The van der Waals surface area contributed by atoms with E-state index in [4.69, 9.17) is 9.31 Å². The molecule has 1 saturated heterocycles. The number of allylic oxidation sites excluding steroid dienone is 1. The van der Waals surface area contributed by atoms with Gasteiger partial charge in [-0.15, -0.1) is 0 Å². The van der Waals surface area contributed by atoms with E-state index in [1.54, 1.807) is 6.08 Å². The van der Waals surface area contributed by atoms with Gasteiger partial charge in [-0.2, -0.15) is 0 Å². The van der Waals surface area contributed by atoms with Gasteiger partial charge >= 0.3 is 7.12 Å². The number of hydrogen-bond acceptors (Lipinski definition) is 3. The third-order valence-electron chi connectivity index (χ3n) is 1.51. The molecule has 0 bridgehead atoms. The van der Waals surface area contributed by atoms with Crippen molar-refractivity contribution in [3.63, 3.8) is 0 Å². The lowest BCUT2D eigenvalue weighted by Crippen LogP contribution is -2.13. The number of hydrogen-bond donors (Lipinski definition) is 0. The van der Waals surface area contributed by atoms with E-state index in [1.807, 2.05) is 6.92 Å². The van der Waals surface area contributed by atoms with Crippen molar-refractivity contribution in [2.24, 2.45) is 0 Å². The third kappa shape index (κ3) is 2.48. The fraction of sp³-hybridized carbons (Fsp3) is 0.571. The standard InChI is InChI=1S/C7H11BO3/c1-2-8-10-6-7(11-8)4-3-5-9/h3-5,7H,2,6H2,1H3. The van der Waals surface area contributed by atoms with E-state index < -0.39 is 0 Å². The van der Waals surface area contributed by atoms with Crippen LogP contribution in [0.3, 0.4) is 0 Å². The summed E-state index contributed by atoms with van der Waals surface area (Å²) in [7, 11) is -0.0868. The molecule has 1 aliphatic rings. The lowest BCUT2D eigenvalue weighted by atomic mass is 9.87. The van der Waals surface area contributed by atoms with Crippen LogP contribution in [0.25, 0.3) is 0 Å². The largest absolute Gasteiger partial charge is 0.457 e. The first kappa shape index (κ1) is 8.49. The first-order chi connectivity index (χ1) is 5.36. The molecule has 1 aliphatic heterocycles. The highest BCUT2D eigenvalue weighted by Crippen LogP contribution is 2.11. The second-order valence-corrected chi connectivity index (χ2v) is 2.37. The van der Waals surface area contributed by atoms with Crippen molar-refractivity contribution in [1.82, 2.24) is 0 Å². The number of aldehydes is 1. The molecule has 4 heteroatoms. The highest BCUT2D eigenvalue weighted by atomic mass is 16.6. The van der Waals surface area contributed by atoms with Crippen LogP contribution in [0.2, 0.25) is 6.32 Å². The average Bonchev–Trinajstić information content (AvgIpc) is 2.48. The second kappa shape index (κ2) is 4.31. The SMILES string of the molecule is CCB1OCC(C=CC=O)O1. The summed E-state index contributed by atoms with van der Waals surface area (Å²) in [4.78, 5) is 9.93. The van der Waals surface area contributed by atoms with Gasteiger partial charge in [-0.3, -0.25) is 4.79 Å². The van der Waals surface area contributed by atoms with E-state index in [9.17, 15) is 4.79 Å². The van der Waals surface area contributed by atoms with Gasteiger partial charge in [0.25, 0.3) is 0 Å². The second-order valence-electron chi connectivity index (χ2n) is 2.37. The van der Waals surface area contributed by atoms with Crippen molar-refractivity contribution >= 4 is 13.4 Å². The summed E-state index contributed by atoms with van der Waals surface area (Å²) in [5, 5.41) is 0. The van der Waals surface area contributed by atoms with E-state index in [2.05, 4.69) is 0 Å². The molecule has 0 saturated carbocycles. The highest BCUT2D eigenvalue weighted by Gasteiger charge is 2.27. The van der Waals surface area contributed by atoms with Crippen molar-refractivity contribution in [3.05, 3.63) is 12.2 Å². The van der Waals surface area contributed by atoms with E-state index >= 15 is 0 Å². The number of carbonyl (C=O) groups is 1. The Labute approximate surface area is 66.5 Å². The Hall–Kier alpha value is -0.605. The molecular formula is C7H11BO3. The van der Waals surface area contributed by atoms with E-state index in [-0.39, 0.29) is 13.2 Å². The molecular weight excluding hydrogens is 143 g/mol. The van der Waals surface area contributed by atoms with E-state index in [0.717, 1.165) is 12.6 Å². The zero-order valence-corrected chi connectivity index (χ0v) is 6.53.